The smallest absolute Gasteiger partial charge is 0.267 e. The second kappa shape index (κ2) is 6.00. The van der Waals surface area contributed by atoms with Crippen molar-refractivity contribution in [2.75, 3.05) is 17.2 Å². The van der Waals surface area contributed by atoms with Gasteiger partial charge in [0.1, 0.15) is 0 Å². The van der Waals surface area contributed by atoms with E-state index >= 15 is 0 Å². The Bertz CT molecular complexity index is 715. The van der Waals surface area contributed by atoms with Crippen LogP contribution in [-0.2, 0) is 18.7 Å². The van der Waals surface area contributed by atoms with Gasteiger partial charge in [-0.2, -0.15) is 25.6 Å². The molecule has 1 unspecified atom stereocenters. The van der Waals surface area contributed by atoms with Crippen LogP contribution in [0, 0.1) is 0 Å². The number of thioether (sulfide) groups is 1. The topological polar surface area (TPSA) is 63.9 Å². The van der Waals surface area contributed by atoms with Crippen LogP contribution in [-0.4, -0.2) is 36.9 Å². The lowest BCUT2D eigenvalue weighted by molar-refractivity contribution is 0.480. The van der Waals surface area contributed by atoms with Gasteiger partial charge in [0.15, 0.2) is 5.82 Å². The lowest BCUT2D eigenvalue weighted by Gasteiger charge is -2.25. The van der Waals surface area contributed by atoms with Crippen molar-refractivity contribution in [1.29, 1.82) is 0 Å². The molecule has 1 saturated heterocycles. The fraction of sp³-hybridized carbons (Fsp3) is 0.571. The second-order valence-corrected chi connectivity index (χ2v) is 7.36. The highest BCUT2D eigenvalue weighted by molar-refractivity contribution is 7.98. The molecule has 0 amide bonds. The zero-order valence-electron chi connectivity index (χ0n) is 12.1. The fourth-order valence-corrected chi connectivity index (χ4v) is 4.57. The normalized spacial score (nSPS) is 21.1. The van der Waals surface area contributed by atoms with Crippen molar-refractivity contribution in [3.05, 3.63) is 33.9 Å². The fourth-order valence-electron chi connectivity index (χ4n) is 3.20. The molecule has 6 nitrogen and oxygen atoms in total. The third-order valence-electron chi connectivity index (χ3n) is 4.31. The molecule has 0 aliphatic carbocycles. The van der Waals surface area contributed by atoms with Gasteiger partial charge in [-0.25, -0.2) is 4.68 Å². The molecule has 2 aliphatic rings. The summed E-state index contributed by atoms with van der Waals surface area (Å²) in [5, 5.41) is 4.62. The Labute approximate surface area is 136 Å². The molecule has 0 saturated carbocycles. The lowest BCUT2D eigenvalue weighted by atomic mass is 10.2. The zero-order chi connectivity index (χ0) is 14.9. The van der Waals surface area contributed by atoms with Crippen LogP contribution in [0.3, 0.4) is 0 Å². The number of aromatic nitrogens is 4. The van der Waals surface area contributed by atoms with Crippen molar-refractivity contribution in [2.45, 2.75) is 37.6 Å². The Balaban J connectivity index is 1.59. The van der Waals surface area contributed by atoms with Gasteiger partial charge >= 0.3 is 0 Å². The molecule has 0 aromatic carbocycles. The first-order chi connectivity index (χ1) is 10.8. The largest absolute Gasteiger partial charge is 0.350 e. The van der Waals surface area contributed by atoms with Crippen LogP contribution in [0.15, 0.2) is 17.1 Å². The van der Waals surface area contributed by atoms with Crippen LogP contribution < -0.4 is 10.5 Å². The SMILES string of the molecule is O=c1cc2c(nn1CC1CCCN1c1cnsn1)CCSC2. The molecule has 2 aliphatic heterocycles. The van der Waals surface area contributed by atoms with Crippen LogP contribution >= 0.6 is 23.5 Å². The molecular weight excluding hydrogens is 318 g/mol. The van der Waals surface area contributed by atoms with E-state index in [9.17, 15) is 4.79 Å². The summed E-state index contributed by atoms with van der Waals surface area (Å²) in [6, 6.07) is 2.06. The maximum atomic E-state index is 12.3. The minimum Gasteiger partial charge on any atom is -0.350 e. The average Bonchev–Trinajstić information content (AvgIpc) is 3.18. The standard InChI is InChI=1S/C14H17N5OS2/c20-14-6-10-9-21-5-3-12(10)16-19(14)8-11-2-1-4-18(11)13-7-15-22-17-13/h6-7,11H,1-5,8-9H2. The molecule has 2 aromatic heterocycles. The Morgan fingerprint density at radius 3 is 3.23 bits per heavy atom. The maximum absolute atomic E-state index is 12.3. The Morgan fingerprint density at radius 1 is 1.41 bits per heavy atom. The zero-order valence-corrected chi connectivity index (χ0v) is 13.8. The van der Waals surface area contributed by atoms with Crippen LogP contribution in [0.2, 0.25) is 0 Å². The summed E-state index contributed by atoms with van der Waals surface area (Å²) < 4.78 is 10.1. The Hall–Kier alpha value is -1.41. The van der Waals surface area contributed by atoms with Crippen molar-refractivity contribution in [3.63, 3.8) is 0 Å². The summed E-state index contributed by atoms with van der Waals surface area (Å²) in [6.07, 6.45) is 4.96. The number of aryl methyl sites for hydroxylation is 1. The van der Waals surface area contributed by atoms with E-state index in [0.29, 0.717) is 6.54 Å². The maximum Gasteiger partial charge on any atom is 0.267 e. The molecular formula is C14H17N5OS2. The second-order valence-electron chi connectivity index (χ2n) is 5.69. The predicted molar refractivity (Wildman–Crippen MR) is 88.6 cm³/mol. The van der Waals surface area contributed by atoms with Crippen LogP contribution in [0.5, 0.6) is 0 Å². The van der Waals surface area contributed by atoms with E-state index in [2.05, 4.69) is 18.7 Å². The summed E-state index contributed by atoms with van der Waals surface area (Å²) in [5.41, 5.74) is 2.23. The van der Waals surface area contributed by atoms with Gasteiger partial charge in [0.2, 0.25) is 0 Å². The van der Waals surface area contributed by atoms with E-state index in [4.69, 9.17) is 0 Å². The molecule has 0 radical (unpaired) electrons. The molecule has 8 heteroatoms. The summed E-state index contributed by atoms with van der Waals surface area (Å²) in [6.45, 7) is 1.61. The Morgan fingerprint density at radius 2 is 2.36 bits per heavy atom. The predicted octanol–water partition coefficient (Wildman–Crippen LogP) is 1.55. The third-order valence-corrected chi connectivity index (χ3v) is 5.79. The Kier molecular flexibility index (Phi) is 3.87. The summed E-state index contributed by atoms with van der Waals surface area (Å²) in [5.74, 6) is 2.94. The molecule has 1 fully saturated rings. The first kappa shape index (κ1) is 14.2. The molecule has 1 atom stereocenters. The van der Waals surface area contributed by atoms with Crippen molar-refractivity contribution in [2.24, 2.45) is 0 Å². The average molecular weight is 335 g/mol. The van der Waals surface area contributed by atoms with Gasteiger partial charge in [0.05, 0.1) is 36.2 Å². The summed E-state index contributed by atoms with van der Waals surface area (Å²) >= 11 is 3.10. The molecule has 2 aromatic rings. The third kappa shape index (κ3) is 2.65. The molecule has 22 heavy (non-hydrogen) atoms. The number of hydrogen-bond donors (Lipinski definition) is 0. The van der Waals surface area contributed by atoms with E-state index in [1.807, 2.05) is 18.0 Å². The highest BCUT2D eigenvalue weighted by atomic mass is 32.2. The van der Waals surface area contributed by atoms with Gasteiger partial charge < -0.3 is 4.90 Å². The van der Waals surface area contributed by atoms with Crippen LogP contribution in [0.1, 0.15) is 24.1 Å². The number of nitrogens with zero attached hydrogens (tertiary/aromatic N) is 5. The quantitative estimate of drug-likeness (QED) is 0.848. The van der Waals surface area contributed by atoms with E-state index in [1.165, 1.54) is 11.7 Å². The van der Waals surface area contributed by atoms with Gasteiger partial charge in [0.25, 0.3) is 5.56 Å². The number of hydrogen-bond acceptors (Lipinski definition) is 7. The first-order valence-corrected chi connectivity index (χ1v) is 9.41. The molecule has 4 rings (SSSR count). The summed E-state index contributed by atoms with van der Waals surface area (Å²) in [7, 11) is 0. The highest BCUT2D eigenvalue weighted by Gasteiger charge is 2.27. The van der Waals surface area contributed by atoms with Gasteiger partial charge in [-0.05, 0) is 24.2 Å². The van der Waals surface area contributed by atoms with Crippen molar-refractivity contribution in [3.8, 4) is 0 Å². The minimum absolute atomic E-state index is 0.0181. The molecule has 116 valence electrons. The molecule has 0 spiro atoms. The van der Waals surface area contributed by atoms with E-state index in [1.54, 1.807) is 10.7 Å². The molecule has 0 N–H and O–H groups in total. The van der Waals surface area contributed by atoms with E-state index < -0.39 is 0 Å². The summed E-state index contributed by atoms with van der Waals surface area (Å²) in [4.78, 5) is 14.6. The van der Waals surface area contributed by atoms with Gasteiger partial charge in [-0.15, -0.1) is 0 Å². The van der Waals surface area contributed by atoms with Crippen LogP contribution in [0.4, 0.5) is 5.82 Å². The highest BCUT2D eigenvalue weighted by Crippen LogP contribution is 2.25. The van der Waals surface area contributed by atoms with Gasteiger partial charge in [0, 0.05) is 24.8 Å². The number of fused-ring (bicyclic) bond motifs is 1. The first-order valence-electron chi connectivity index (χ1n) is 7.53. The minimum atomic E-state index is 0.0181. The van der Waals surface area contributed by atoms with Crippen LogP contribution in [0.25, 0.3) is 0 Å². The van der Waals surface area contributed by atoms with Gasteiger partial charge in [-0.3, -0.25) is 4.79 Å². The van der Waals surface area contributed by atoms with E-state index in [0.717, 1.165) is 54.4 Å². The lowest BCUT2D eigenvalue weighted by Crippen LogP contribution is -2.38. The van der Waals surface area contributed by atoms with E-state index in [-0.39, 0.29) is 11.6 Å². The van der Waals surface area contributed by atoms with Gasteiger partial charge in [-0.1, -0.05) is 0 Å². The molecule has 0 bridgehead atoms. The van der Waals surface area contributed by atoms with Crippen molar-refractivity contribution in [1.82, 2.24) is 18.5 Å². The monoisotopic (exact) mass is 335 g/mol. The molecule has 4 heterocycles. The van der Waals surface area contributed by atoms with Crippen molar-refractivity contribution >= 4 is 29.3 Å². The van der Waals surface area contributed by atoms with Crippen molar-refractivity contribution < 1.29 is 0 Å². The number of anilines is 1. The number of rotatable bonds is 3.